The van der Waals surface area contributed by atoms with Gasteiger partial charge in [0.15, 0.2) is 0 Å². The Labute approximate surface area is 123 Å². The number of amides is 2. The van der Waals surface area contributed by atoms with Gasteiger partial charge in [-0.15, -0.1) is 0 Å². The van der Waals surface area contributed by atoms with Gasteiger partial charge in [0.25, 0.3) is 0 Å². The van der Waals surface area contributed by atoms with Gasteiger partial charge in [-0.05, 0) is 25.5 Å². The van der Waals surface area contributed by atoms with E-state index in [1.54, 1.807) is 18.2 Å². The lowest BCUT2D eigenvalue weighted by molar-refractivity contribution is -0.122. The predicted molar refractivity (Wildman–Crippen MR) is 78.0 cm³/mol. The maximum atomic E-state index is 11.8. The predicted octanol–water partition coefficient (Wildman–Crippen LogP) is 0.958. The summed E-state index contributed by atoms with van der Waals surface area (Å²) in [6, 6.07) is 6.43. The molecule has 2 amide bonds. The van der Waals surface area contributed by atoms with Crippen LogP contribution in [0.4, 0.5) is 0 Å². The quantitative estimate of drug-likeness (QED) is 0.697. The molecule has 0 bridgehead atoms. The van der Waals surface area contributed by atoms with Gasteiger partial charge in [-0.25, -0.2) is 4.79 Å². The molecular formula is C15H20N2O4. The molecule has 0 radical (unpaired) electrons. The van der Waals surface area contributed by atoms with Crippen molar-refractivity contribution in [3.05, 3.63) is 35.4 Å². The molecule has 0 saturated heterocycles. The van der Waals surface area contributed by atoms with E-state index in [1.807, 2.05) is 13.8 Å². The van der Waals surface area contributed by atoms with Crippen molar-refractivity contribution < 1.29 is 19.5 Å². The largest absolute Gasteiger partial charge is 0.478 e. The summed E-state index contributed by atoms with van der Waals surface area (Å²) in [5, 5.41) is 14.4. The molecule has 1 aromatic rings. The Morgan fingerprint density at radius 2 is 1.81 bits per heavy atom. The van der Waals surface area contributed by atoms with Crippen molar-refractivity contribution >= 4 is 17.8 Å². The fourth-order valence-electron chi connectivity index (χ4n) is 1.83. The number of carboxylic acids is 1. The average Bonchev–Trinajstić information content (AvgIpc) is 2.38. The first-order chi connectivity index (χ1) is 9.90. The van der Waals surface area contributed by atoms with Crippen LogP contribution < -0.4 is 10.6 Å². The molecule has 0 aliphatic rings. The number of hydrogen-bond donors (Lipinski definition) is 3. The molecular weight excluding hydrogens is 272 g/mol. The van der Waals surface area contributed by atoms with E-state index in [0.29, 0.717) is 5.56 Å². The highest BCUT2D eigenvalue weighted by molar-refractivity contribution is 5.91. The van der Waals surface area contributed by atoms with Crippen molar-refractivity contribution in [2.24, 2.45) is 0 Å². The molecule has 0 aliphatic carbocycles. The van der Waals surface area contributed by atoms with Crippen LogP contribution in [0, 0.1) is 0 Å². The Morgan fingerprint density at radius 1 is 1.14 bits per heavy atom. The van der Waals surface area contributed by atoms with Crippen molar-refractivity contribution in [1.29, 1.82) is 0 Å². The van der Waals surface area contributed by atoms with Crippen molar-refractivity contribution in [2.75, 3.05) is 6.54 Å². The lowest BCUT2D eigenvalue weighted by Crippen LogP contribution is -2.34. The van der Waals surface area contributed by atoms with Gasteiger partial charge in [0.05, 0.1) is 12.0 Å². The van der Waals surface area contributed by atoms with E-state index < -0.39 is 5.97 Å². The van der Waals surface area contributed by atoms with Gasteiger partial charge in [-0.1, -0.05) is 18.2 Å². The summed E-state index contributed by atoms with van der Waals surface area (Å²) in [6.07, 6.45) is 0.179. The summed E-state index contributed by atoms with van der Waals surface area (Å²) in [5.74, 6) is -1.49. The van der Waals surface area contributed by atoms with Gasteiger partial charge in [-0.2, -0.15) is 0 Å². The lowest BCUT2D eigenvalue weighted by Gasteiger charge is -2.09. The van der Waals surface area contributed by atoms with Gasteiger partial charge in [0.1, 0.15) is 0 Å². The van der Waals surface area contributed by atoms with Gasteiger partial charge in [-0.3, -0.25) is 9.59 Å². The molecule has 0 aromatic heterocycles. The van der Waals surface area contributed by atoms with Crippen LogP contribution in [0.1, 0.15) is 36.2 Å². The van der Waals surface area contributed by atoms with Crippen LogP contribution in [0.3, 0.4) is 0 Å². The SMILES string of the molecule is CC(C)NC(=O)CCNC(=O)Cc1ccccc1C(=O)O. The first-order valence-electron chi connectivity index (χ1n) is 6.77. The van der Waals surface area contributed by atoms with Crippen molar-refractivity contribution in [1.82, 2.24) is 10.6 Å². The first-order valence-corrected chi connectivity index (χ1v) is 6.77. The highest BCUT2D eigenvalue weighted by Crippen LogP contribution is 2.09. The average molecular weight is 292 g/mol. The minimum Gasteiger partial charge on any atom is -0.478 e. The Hall–Kier alpha value is -2.37. The molecule has 21 heavy (non-hydrogen) atoms. The minimum atomic E-state index is -1.06. The number of hydrogen-bond acceptors (Lipinski definition) is 3. The third kappa shape index (κ3) is 6.07. The van der Waals surface area contributed by atoms with Crippen LogP contribution >= 0.6 is 0 Å². The fourth-order valence-corrected chi connectivity index (χ4v) is 1.83. The molecule has 1 rings (SSSR count). The van der Waals surface area contributed by atoms with Gasteiger partial charge < -0.3 is 15.7 Å². The Bertz CT molecular complexity index is 526. The van der Waals surface area contributed by atoms with E-state index >= 15 is 0 Å². The second-order valence-corrected chi connectivity index (χ2v) is 4.96. The van der Waals surface area contributed by atoms with Crippen LogP contribution in [0.2, 0.25) is 0 Å². The van der Waals surface area contributed by atoms with E-state index in [1.165, 1.54) is 6.07 Å². The number of carbonyl (C=O) groups excluding carboxylic acids is 2. The second-order valence-electron chi connectivity index (χ2n) is 4.96. The van der Waals surface area contributed by atoms with E-state index in [0.717, 1.165) is 0 Å². The Balaban J connectivity index is 2.44. The Morgan fingerprint density at radius 3 is 2.43 bits per heavy atom. The molecule has 0 unspecified atom stereocenters. The van der Waals surface area contributed by atoms with Gasteiger partial charge in [0.2, 0.25) is 11.8 Å². The summed E-state index contributed by atoms with van der Waals surface area (Å²) in [5.41, 5.74) is 0.569. The molecule has 0 fully saturated rings. The van der Waals surface area contributed by atoms with E-state index in [4.69, 9.17) is 5.11 Å². The van der Waals surface area contributed by atoms with Crippen LogP contribution in [0.25, 0.3) is 0 Å². The number of aromatic carboxylic acids is 1. The molecule has 6 heteroatoms. The maximum absolute atomic E-state index is 11.8. The molecule has 6 nitrogen and oxygen atoms in total. The first kappa shape index (κ1) is 16.7. The molecule has 0 spiro atoms. The molecule has 0 atom stereocenters. The van der Waals surface area contributed by atoms with Crippen LogP contribution in [0.5, 0.6) is 0 Å². The van der Waals surface area contributed by atoms with Crippen LogP contribution in [-0.2, 0) is 16.0 Å². The zero-order valence-corrected chi connectivity index (χ0v) is 12.2. The topological polar surface area (TPSA) is 95.5 Å². The zero-order valence-electron chi connectivity index (χ0n) is 12.2. The van der Waals surface area contributed by atoms with Crippen LogP contribution in [0.15, 0.2) is 24.3 Å². The molecule has 0 aliphatic heterocycles. The summed E-state index contributed by atoms with van der Waals surface area (Å²) >= 11 is 0. The maximum Gasteiger partial charge on any atom is 0.335 e. The molecule has 0 heterocycles. The van der Waals surface area contributed by atoms with Gasteiger partial charge >= 0.3 is 5.97 Å². The second kappa shape index (κ2) is 8.04. The van der Waals surface area contributed by atoms with E-state index in [9.17, 15) is 14.4 Å². The van der Waals surface area contributed by atoms with E-state index in [-0.39, 0.29) is 42.8 Å². The third-order valence-corrected chi connectivity index (χ3v) is 2.72. The normalized spacial score (nSPS) is 10.2. The minimum absolute atomic E-state index is 0.0196. The Kier molecular flexibility index (Phi) is 6.39. The number of carbonyl (C=O) groups is 3. The highest BCUT2D eigenvalue weighted by atomic mass is 16.4. The molecule has 114 valence electrons. The van der Waals surface area contributed by atoms with Crippen molar-refractivity contribution in [3.63, 3.8) is 0 Å². The summed E-state index contributed by atoms with van der Waals surface area (Å²) in [6.45, 7) is 3.95. The summed E-state index contributed by atoms with van der Waals surface area (Å²) < 4.78 is 0. The lowest BCUT2D eigenvalue weighted by atomic mass is 10.0. The number of carboxylic acid groups (broad SMARTS) is 1. The van der Waals surface area contributed by atoms with E-state index in [2.05, 4.69) is 10.6 Å². The van der Waals surface area contributed by atoms with Crippen molar-refractivity contribution in [3.8, 4) is 0 Å². The smallest absolute Gasteiger partial charge is 0.335 e. The zero-order chi connectivity index (χ0) is 15.8. The van der Waals surface area contributed by atoms with Gasteiger partial charge in [0, 0.05) is 19.0 Å². The molecule has 1 aromatic carbocycles. The summed E-state index contributed by atoms with van der Waals surface area (Å²) in [4.78, 5) is 34.2. The number of rotatable bonds is 7. The fraction of sp³-hybridized carbons (Fsp3) is 0.400. The summed E-state index contributed by atoms with van der Waals surface area (Å²) in [7, 11) is 0. The third-order valence-electron chi connectivity index (χ3n) is 2.72. The monoisotopic (exact) mass is 292 g/mol. The number of nitrogens with one attached hydrogen (secondary N) is 2. The standard InChI is InChI=1S/C15H20N2O4/c1-10(2)17-13(18)7-8-16-14(19)9-11-5-3-4-6-12(11)15(20)21/h3-6,10H,7-9H2,1-2H3,(H,16,19)(H,17,18)(H,20,21). The number of benzene rings is 1. The highest BCUT2D eigenvalue weighted by Gasteiger charge is 2.12. The molecule has 3 N–H and O–H groups in total. The van der Waals surface area contributed by atoms with Crippen molar-refractivity contribution in [2.45, 2.75) is 32.7 Å². The molecule has 0 saturated carbocycles. The van der Waals surface area contributed by atoms with Crippen LogP contribution in [-0.4, -0.2) is 35.5 Å².